The highest BCUT2D eigenvalue weighted by Crippen LogP contribution is 2.21. The molecule has 1 amide bonds. The van der Waals surface area contributed by atoms with E-state index in [1.54, 1.807) is 12.1 Å². The van der Waals surface area contributed by atoms with Gasteiger partial charge in [0.25, 0.3) is 5.91 Å². The molecule has 104 valence electrons. The van der Waals surface area contributed by atoms with Gasteiger partial charge in [0.05, 0.1) is 22.9 Å². The fourth-order valence-corrected chi connectivity index (χ4v) is 1.90. The van der Waals surface area contributed by atoms with Crippen LogP contribution in [-0.4, -0.2) is 17.0 Å². The normalized spacial score (nSPS) is 9.71. The predicted molar refractivity (Wildman–Crippen MR) is 77.5 cm³/mol. The summed E-state index contributed by atoms with van der Waals surface area (Å²) in [7, 11) is 0. The maximum Gasteiger partial charge on any atom is 0.337 e. The Kier molecular flexibility index (Phi) is 4.21. The van der Waals surface area contributed by atoms with E-state index in [0.29, 0.717) is 5.56 Å². The van der Waals surface area contributed by atoms with Crippen LogP contribution in [0.15, 0.2) is 42.5 Å². The van der Waals surface area contributed by atoms with Gasteiger partial charge >= 0.3 is 5.97 Å². The third-order valence-corrected chi connectivity index (χ3v) is 2.95. The molecule has 0 spiro atoms. The summed E-state index contributed by atoms with van der Waals surface area (Å²) < 4.78 is 0. The van der Waals surface area contributed by atoms with E-state index >= 15 is 0 Å². The number of carboxylic acid groups (broad SMARTS) is 1. The molecule has 0 aliphatic rings. The predicted octanol–water partition coefficient (Wildman–Crippen LogP) is 3.16. The summed E-state index contributed by atoms with van der Waals surface area (Å²) in [5, 5.41) is 20.7. The minimum absolute atomic E-state index is 0.104. The molecule has 0 aliphatic carbocycles. The number of rotatable bonds is 3. The lowest BCUT2D eigenvalue weighted by Gasteiger charge is -2.09. The summed E-state index contributed by atoms with van der Waals surface area (Å²) in [6.45, 7) is 0. The lowest BCUT2D eigenvalue weighted by atomic mass is 10.1. The van der Waals surface area contributed by atoms with Gasteiger partial charge in [-0.25, -0.2) is 4.79 Å². The van der Waals surface area contributed by atoms with Gasteiger partial charge in [0.1, 0.15) is 0 Å². The van der Waals surface area contributed by atoms with Crippen molar-refractivity contribution >= 4 is 29.2 Å². The average molecular weight is 301 g/mol. The van der Waals surface area contributed by atoms with Crippen LogP contribution in [0.5, 0.6) is 0 Å². The molecule has 2 rings (SSSR count). The Bertz CT molecular complexity index is 766. The Balaban J connectivity index is 2.32. The molecule has 2 aromatic carbocycles. The number of anilines is 1. The first-order chi connectivity index (χ1) is 10.0. The number of hydrogen-bond donors (Lipinski definition) is 2. The Hall–Kier alpha value is -2.84. The summed E-state index contributed by atoms with van der Waals surface area (Å²) in [6, 6.07) is 12.2. The van der Waals surface area contributed by atoms with Crippen LogP contribution in [0.25, 0.3) is 0 Å². The minimum Gasteiger partial charge on any atom is -0.478 e. The van der Waals surface area contributed by atoms with Crippen molar-refractivity contribution in [2.45, 2.75) is 0 Å². The molecule has 0 radical (unpaired) electrons. The third kappa shape index (κ3) is 3.38. The second-order valence-electron chi connectivity index (χ2n) is 4.14. The van der Waals surface area contributed by atoms with Crippen molar-refractivity contribution in [2.75, 3.05) is 5.32 Å². The van der Waals surface area contributed by atoms with Gasteiger partial charge < -0.3 is 10.4 Å². The monoisotopic (exact) mass is 300 g/mol. The molecule has 0 atom stereocenters. The van der Waals surface area contributed by atoms with Crippen LogP contribution in [0.3, 0.4) is 0 Å². The third-order valence-electron chi connectivity index (χ3n) is 2.71. The van der Waals surface area contributed by atoms with E-state index in [4.69, 9.17) is 22.0 Å². The zero-order valence-corrected chi connectivity index (χ0v) is 11.4. The number of nitriles is 1. The number of carboxylic acids is 1. The SMILES string of the molecule is N#Cc1cccc(C(=O)Nc2ccc(Cl)cc2C(=O)O)c1. The molecule has 0 unspecified atom stereocenters. The molecule has 0 aromatic heterocycles. The van der Waals surface area contributed by atoms with Crippen molar-refractivity contribution in [1.82, 2.24) is 0 Å². The molecule has 0 heterocycles. The molecule has 6 heteroatoms. The first-order valence-electron chi connectivity index (χ1n) is 5.85. The summed E-state index contributed by atoms with van der Waals surface area (Å²) >= 11 is 5.74. The fraction of sp³-hybridized carbons (Fsp3) is 0. The van der Waals surface area contributed by atoms with Crippen LogP contribution in [0, 0.1) is 11.3 Å². The molecular weight excluding hydrogens is 292 g/mol. The molecular formula is C15H9ClN2O3. The van der Waals surface area contributed by atoms with Crippen molar-refractivity contribution in [2.24, 2.45) is 0 Å². The smallest absolute Gasteiger partial charge is 0.337 e. The van der Waals surface area contributed by atoms with Crippen LogP contribution < -0.4 is 5.32 Å². The van der Waals surface area contributed by atoms with Gasteiger partial charge in [-0.05, 0) is 36.4 Å². The number of carbonyl (C=O) groups excluding carboxylic acids is 1. The highest BCUT2D eigenvalue weighted by molar-refractivity contribution is 6.31. The Morgan fingerprint density at radius 1 is 1.19 bits per heavy atom. The van der Waals surface area contributed by atoms with Crippen LogP contribution in [-0.2, 0) is 0 Å². The number of carbonyl (C=O) groups is 2. The molecule has 0 saturated carbocycles. The second-order valence-corrected chi connectivity index (χ2v) is 4.58. The maximum atomic E-state index is 12.1. The van der Waals surface area contributed by atoms with Gasteiger partial charge in [-0.3, -0.25) is 4.79 Å². The molecule has 5 nitrogen and oxygen atoms in total. The maximum absolute atomic E-state index is 12.1. The van der Waals surface area contributed by atoms with E-state index in [-0.39, 0.29) is 21.8 Å². The Labute approximate surface area is 125 Å². The van der Waals surface area contributed by atoms with Crippen LogP contribution in [0.2, 0.25) is 5.02 Å². The fourth-order valence-electron chi connectivity index (χ4n) is 1.73. The van der Waals surface area contributed by atoms with Gasteiger partial charge in [-0.2, -0.15) is 5.26 Å². The summed E-state index contributed by atoms with van der Waals surface area (Å²) in [4.78, 5) is 23.2. The van der Waals surface area contributed by atoms with Crippen LogP contribution in [0.1, 0.15) is 26.3 Å². The Morgan fingerprint density at radius 3 is 2.62 bits per heavy atom. The summed E-state index contributed by atoms with van der Waals surface area (Å²) in [5.74, 6) is -1.70. The van der Waals surface area contributed by atoms with E-state index in [2.05, 4.69) is 5.32 Å². The van der Waals surface area contributed by atoms with E-state index in [0.717, 1.165) is 0 Å². The van der Waals surface area contributed by atoms with Gasteiger partial charge in [0.15, 0.2) is 0 Å². The van der Waals surface area contributed by atoms with Gasteiger partial charge in [0, 0.05) is 10.6 Å². The zero-order valence-electron chi connectivity index (χ0n) is 10.6. The average Bonchev–Trinajstić information content (AvgIpc) is 2.48. The van der Waals surface area contributed by atoms with Crippen molar-refractivity contribution in [3.05, 3.63) is 64.2 Å². The zero-order chi connectivity index (χ0) is 15.4. The number of halogens is 1. The molecule has 2 aromatic rings. The van der Waals surface area contributed by atoms with Gasteiger partial charge in [0.2, 0.25) is 0 Å². The van der Waals surface area contributed by atoms with Gasteiger partial charge in [-0.1, -0.05) is 17.7 Å². The van der Waals surface area contributed by atoms with Crippen molar-refractivity contribution in [3.63, 3.8) is 0 Å². The van der Waals surface area contributed by atoms with E-state index in [1.165, 1.54) is 30.3 Å². The first-order valence-corrected chi connectivity index (χ1v) is 6.23. The molecule has 0 fully saturated rings. The number of amides is 1. The largest absolute Gasteiger partial charge is 0.478 e. The number of aromatic carboxylic acids is 1. The van der Waals surface area contributed by atoms with Crippen LogP contribution >= 0.6 is 11.6 Å². The van der Waals surface area contributed by atoms with Crippen LogP contribution in [0.4, 0.5) is 5.69 Å². The van der Waals surface area contributed by atoms with Crippen molar-refractivity contribution in [3.8, 4) is 6.07 Å². The van der Waals surface area contributed by atoms with E-state index in [9.17, 15) is 9.59 Å². The quantitative estimate of drug-likeness (QED) is 0.911. The molecule has 0 saturated heterocycles. The van der Waals surface area contributed by atoms with Crippen molar-refractivity contribution in [1.29, 1.82) is 5.26 Å². The number of nitrogens with one attached hydrogen (secondary N) is 1. The first kappa shape index (κ1) is 14.6. The highest BCUT2D eigenvalue weighted by atomic mass is 35.5. The van der Waals surface area contributed by atoms with E-state index in [1.807, 2.05) is 6.07 Å². The van der Waals surface area contributed by atoms with Gasteiger partial charge in [-0.15, -0.1) is 0 Å². The summed E-state index contributed by atoms with van der Waals surface area (Å²) in [5.41, 5.74) is 0.643. The topological polar surface area (TPSA) is 90.2 Å². The lowest BCUT2D eigenvalue weighted by Crippen LogP contribution is -2.15. The molecule has 0 aliphatic heterocycles. The number of benzene rings is 2. The Morgan fingerprint density at radius 2 is 1.95 bits per heavy atom. The molecule has 2 N–H and O–H groups in total. The second kappa shape index (κ2) is 6.07. The highest BCUT2D eigenvalue weighted by Gasteiger charge is 2.14. The van der Waals surface area contributed by atoms with E-state index < -0.39 is 11.9 Å². The molecule has 0 bridgehead atoms. The molecule has 21 heavy (non-hydrogen) atoms. The standard InChI is InChI=1S/C15H9ClN2O3/c16-11-4-5-13(12(7-11)15(20)21)18-14(19)10-3-1-2-9(6-10)8-17/h1-7H,(H,18,19)(H,20,21). The minimum atomic E-state index is -1.20. The lowest BCUT2D eigenvalue weighted by molar-refractivity contribution is 0.0698. The number of hydrogen-bond acceptors (Lipinski definition) is 3. The van der Waals surface area contributed by atoms with Crippen molar-refractivity contribution < 1.29 is 14.7 Å². The summed E-state index contributed by atoms with van der Waals surface area (Å²) in [6.07, 6.45) is 0. The number of nitrogens with zero attached hydrogens (tertiary/aromatic N) is 1.